The van der Waals surface area contributed by atoms with E-state index < -0.39 is 17.7 Å². The van der Waals surface area contributed by atoms with E-state index in [1.807, 2.05) is 6.07 Å². The number of halogens is 2. The summed E-state index contributed by atoms with van der Waals surface area (Å²) >= 11 is 3.21. The Kier molecular flexibility index (Phi) is 4.95. The number of esters is 1. The number of rotatable bonds is 4. The van der Waals surface area contributed by atoms with Gasteiger partial charge < -0.3 is 15.2 Å². The number of nitrogens with one attached hydrogen (secondary N) is 1. The molecule has 7 nitrogen and oxygen atoms in total. The minimum atomic E-state index is -0.847. The van der Waals surface area contributed by atoms with Crippen molar-refractivity contribution in [2.75, 3.05) is 6.61 Å². The number of benzene rings is 1. The minimum Gasteiger partial charge on any atom is -0.466 e. The maximum absolute atomic E-state index is 14.6. The van der Waals surface area contributed by atoms with Crippen LogP contribution in [0.5, 0.6) is 5.88 Å². The van der Waals surface area contributed by atoms with E-state index in [2.05, 4.69) is 26.1 Å². The Morgan fingerprint density at radius 2 is 2.35 bits per heavy atom. The van der Waals surface area contributed by atoms with Crippen LogP contribution in [-0.4, -0.2) is 22.8 Å². The number of carbonyl (C=O) groups excluding carboxylic acids is 1. The molecule has 134 valence electrons. The molecule has 1 aromatic heterocycles. The van der Waals surface area contributed by atoms with Gasteiger partial charge in [-0.1, -0.05) is 22.0 Å². The number of nitrogens with two attached hydrogens (primary N) is 1. The highest BCUT2D eigenvalue weighted by molar-refractivity contribution is 9.10. The molecule has 3 rings (SSSR count). The van der Waals surface area contributed by atoms with E-state index >= 15 is 0 Å². The van der Waals surface area contributed by atoms with E-state index in [1.54, 1.807) is 19.1 Å². The number of nitriles is 1. The number of hydrogen-bond acceptors (Lipinski definition) is 6. The molecule has 0 radical (unpaired) electrons. The van der Waals surface area contributed by atoms with Gasteiger partial charge in [-0.05, 0) is 19.1 Å². The summed E-state index contributed by atoms with van der Waals surface area (Å²) in [4.78, 5) is 11.9. The third-order valence-corrected chi connectivity index (χ3v) is 4.41. The molecule has 0 fully saturated rings. The van der Waals surface area contributed by atoms with E-state index in [4.69, 9.17) is 15.2 Å². The lowest BCUT2D eigenvalue weighted by Crippen LogP contribution is -2.22. The van der Waals surface area contributed by atoms with Gasteiger partial charge in [-0.15, -0.1) is 5.10 Å². The average Bonchev–Trinajstić information content (AvgIpc) is 2.96. The second kappa shape index (κ2) is 7.17. The van der Waals surface area contributed by atoms with Gasteiger partial charge in [-0.2, -0.15) is 5.26 Å². The number of H-pyrrole nitrogens is 1. The molecule has 0 amide bonds. The van der Waals surface area contributed by atoms with Crippen LogP contribution in [0.1, 0.15) is 29.7 Å². The molecule has 0 spiro atoms. The first-order valence-electron chi connectivity index (χ1n) is 7.71. The van der Waals surface area contributed by atoms with Gasteiger partial charge in [0.05, 0.1) is 30.2 Å². The Morgan fingerprint density at radius 1 is 1.58 bits per heavy atom. The molecular weight excluding hydrogens is 407 g/mol. The van der Waals surface area contributed by atoms with Crippen LogP contribution in [-0.2, 0) is 16.0 Å². The monoisotopic (exact) mass is 420 g/mol. The normalized spacial score (nSPS) is 15.8. The second-order valence-corrected chi connectivity index (χ2v) is 6.41. The van der Waals surface area contributed by atoms with Crippen molar-refractivity contribution in [1.29, 1.82) is 5.26 Å². The number of hydrogen-bond donors (Lipinski definition) is 2. The van der Waals surface area contributed by atoms with Crippen molar-refractivity contribution >= 4 is 21.9 Å². The topological polar surface area (TPSA) is 114 Å². The summed E-state index contributed by atoms with van der Waals surface area (Å²) in [5.41, 5.74) is 6.87. The second-order valence-electron chi connectivity index (χ2n) is 5.49. The highest BCUT2D eigenvalue weighted by atomic mass is 79.9. The summed E-state index contributed by atoms with van der Waals surface area (Å²) in [6, 6.07) is 6.47. The fraction of sp³-hybridized carbons (Fsp3) is 0.235. The van der Waals surface area contributed by atoms with Crippen LogP contribution < -0.4 is 10.5 Å². The highest BCUT2D eigenvalue weighted by Crippen LogP contribution is 2.43. The summed E-state index contributed by atoms with van der Waals surface area (Å²) in [5, 5.41) is 16.2. The Hall–Kier alpha value is -2.86. The maximum atomic E-state index is 14.6. The Balaban J connectivity index is 2.15. The van der Waals surface area contributed by atoms with E-state index in [-0.39, 0.29) is 35.9 Å². The minimum absolute atomic E-state index is 0.0465. The van der Waals surface area contributed by atoms with Gasteiger partial charge in [0.2, 0.25) is 11.8 Å². The highest BCUT2D eigenvalue weighted by Gasteiger charge is 2.37. The number of fused-ring (bicyclic) bond motifs is 1. The fourth-order valence-electron chi connectivity index (χ4n) is 2.85. The molecule has 0 saturated carbocycles. The first-order chi connectivity index (χ1) is 12.5. The van der Waals surface area contributed by atoms with Crippen molar-refractivity contribution in [3.8, 4) is 11.9 Å². The first-order valence-corrected chi connectivity index (χ1v) is 8.50. The molecule has 0 bridgehead atoms. The number of aromatic nitrogens is 2. The largest absolute Gasteiger partial charge is 0.466 e. The van der Waals surface area contributed by atoms with Crippen molar-refractivity contribution in [2.24, 2.45) is 5.73 Å². The van der Waals surface area contributed by atoms with Gasteiger partial charge in [0, 0.05) is 10.0 Å². The number of allylic oxidation sites excluding steroid dienone is 1. The first kappa shape index (κ1) is 17.9. The lowest BCUT2D eigenvalue weighted by atomic mass is 9.83. The van der Waals surface area contributed by atoms with E-state index in [1.165, 1.54) is 6.07 Å². The summed E-state index contributed by atoms with van der Waals surface area (Å²) in [7, 11) is 0. The molecule has 2 aromatic rings. The fourth-order valence-corrected chi connectivity index (χ4v) is 3.18. The predicted molar refractivity (Wildman–Crippen MR) is 92.3 cm³/mol. The number of aromatic amines is 1. The lowest BCUT2D eigenvalue weighted by Gasteiger charge is -2.24. The molecular formula is C17H14BrFN4O3. The van der Waals surface area contributed by atoms with Crippen molar-refractivity contribution in [1.82, 2.24) is 10.2 Å². The smallest absolute Gasteiger partial charge is 0.311 e. The van der Waals surface area contributed by atoms with Gasteiger partial charge >= 0.3 is 5.97 Å². The maximum Gasteiger partial charge on any atom is 0.311 e. The number of nitrogens with zero attached hydrogens (tertiary/aromatic N) is 2. The van der Waals surface area contributed by atoms with Crippen LogP contribution in [0.3, 0.4) is 0 Å². The summed E-state index contributed by atoms with van der Waals surface area (Å²) in [5.74, 6) is -1.90. The lowest BCUT2D eigenvalue weighted by molar-refractivity contribution is -0.142. The molecule has 2 heterocycles. The van der Waals surface area contributed by atoms with Gasteiger partial charge in [-0.3, -0.25) is 9.89 Å². The Bertz CT molecular complexity index is 948. The quantitative estimate of drug-likeness (QED) is 0.734. The molecule has 1 aliphatic heterocycles. The summed E-state index contributed by atoms with van der Waals surface area (Å²) < 4.78 is 25.5. The molecule has 1 aliphatic rings. The zero-order valence-electron chi connectivity index (χ0n) is 13.7. The van der Waals surface area contributed by atoms with Gasteiger partial charge in [-0.25, -0.2) is 4.39 Å². The molecule has 1 atom stereocenters. The van der Waals surface area contributed by atoms with Gasteiger partial charge in [0.15, 0.2) is 0 Å². The summed E-state index contributed by atoms with van der Waals surface area (Å²) in [6.45, 7) is 1.92. The van der Waals surface area contributed by atoms with Crippen LogP contribution in [0, 0.1) is 17.1 Å². The predicted octanol–water partition coefficient (Wildman–Crippen LogP) is 2.64. The van der Waals surface area contributed by atoms with Crippen LogP contribution in [0.25, 0.3) is 0 Å². The van der Waals surface area contributed by atoms with E-state index in [0.29, 0.717) is 15.7 Å². The summed E-state index contributed by atoms with van der Waals surface area (Å²) in [6.07, 6.45) is -0.118. The Morgan fingerprint density at radius 3 is 3.00 bits per heavy atom. The van der Waals surface area contributed by atoms with Crippen LogP contribution in [0.2, 0.25) is 0 Å². The van der Waals surface area contributed by atoms with Crippen molar-refractivity contribution in [3.05, 3.63) is 56.8 Å². The van der Waals surface area contributed by atoms with Crippen LogP contribution in [0.4, 0.5) is 4.39 Å². The average molecular weight is 421 g/mol. The van der Waals surface area contributed by atoms with Crippen molar-refractivity contribution in [2.45, 2.75) is 19.3 Å². The Labute approximate surface area is 156 Å². The zero-order chi connectivity index (χ0) is 18.8. The standard InChI is InChI=1S/C17H14BrFN4O3/c1-2-25-13(24)6-12-15-14(9-4-3-8(18)5-11(9)19)10(7-20)16(21)26-17(15)23-22-12/h3-5,14H,2,6,21H2,1H3,(H,22,23). The zero-order valence-corrected chi connectivity index (χ0v) is 15.3. The van der Waals surface area contributed by atoms with E-state index in [9.17, 15) is 14.4 Å². The van der Waals surface area contributed by atoms with Crippen LogP contribution >= 0.6 is 15.9 Å². The SMILES string of the molecule is CCOC(=O)Cc1[nH]nc2c1C(c1ccc(Br)cc1F)C(C#N)=C(N)O2. The molecule has 1 unspecified atom stereocenters. The van der Waals surface area contributed by atoms with Crippen molar-refractivity contribution in [3.63, 3.8) is 0 Å². The molecule has 0 saturated heterocycles. The number of carbonyl (C=O) groups is 1. The van der Waals surface area contributed by atoms with Crippen LogP contribution in [0.15, 0.2) is 34.1 Å². The molecule has 0 aliphatic carbocycles. The molecule has 9 heteroatoms. The molecule has 26 heavy (non-hydrogen) atoms. The van der Waals surface area contributed by atoms with E-state index in [0.717, 1.165) is 0 Å². The molecule has 1 aromatic carbocycles. The third kappa shape index (κ3) is 3.15. The third-order valence-electron chi connectivity index (χ3n) is 3.92. The molecule has 3 N–H and O–H groups in total. The van der Waals surface area contributed by atoms with Gasteiger partial charge in [0.25, 0.3) is 0 Å². The number of ether oxygens (including phenoxy) is 2. The van der Waals surface area contributed by atoms with Crippen molar-refractivity contribution < 1.29 is 18.7 Å². The van der Waals surface area contributed by atoms with Gasteiger partial charge in [0.1, 0.15) is 17.5 Å².